The molecule has 0 unspecified atom stereocenters. The van der Waals surface area contributed by atoms with Crippen molar-refractivity contribution < 1.29 is 13.5 Å². The number of sulfonamides is 1. The van der Waals surface area contributed by atoms with Gasteiger partial charge in [0.1, 0.15) is 0 Å². The van der Waals surface area contributed by atoms with Gasteiger partial charge in [0.25, 0.3) is 0 Å². The minimum absolute atomic E-state index is 0.0560. The fourth-order valence-corrected chi connectivity index (χ4v) is 3.21. The van der Waals surface area contributed by atoms with Gasteiger partial charge in [0, 0.05) is 5.69 Å². The first-order valence-electron chi connectivity index (χ1n) is 6.53. The summed E-state index contributed by atoms with van der Waals surface area (Å²) in [4.78, 5) is 4.23. The lowest BCUT2D eigenvalue weighted by molar-refractivity contribution is 0.282. The minimum Gasteiger partial charge on any atom is -0.392 e. The van der Waals surface area contributed by atoms with E-state index >= 15 is 0 Å². The molecule has 1 heterocycles. The lowest BCUT2D eigenvalue weighted by Gasteiger charge is -2.10. The Bertz CT molecular complexity index is 725. The number of benzene rings is 1. The van der Waals surface area contributed by atoms with Crippen molar-refractivity contribution in [3.8, 4) is 0 Å². The average molecular weight is 306 g/mol. The standard InChI is InChI=1S/C15H18N2O3S/c1-11-3-8-15(12(2)16-11)17-21(19,20)10-14-6-4-13(9-18)5-7-14/h3-8,17-18H,9-10H2,1-2H3. The van der Waals surface area contributed by atoms with E-state index in [-0.39, 0.29) is 12.4 Å². The van der Waals surface area contributed by atoms with Crippen LogP contribution in [-0.2, 0) is 22.4 Å². The van der Waals surface area contributed by atoms with Crippen LogP contribution < -0.4 is 4.72 Å². The van der Waals surface area contributed by atoms with Crippen LogP contribution in [0.1, 0.15) is 22.5 Å². The molecule has 2 N–H and O–H groups in total. The summed E-state index contributed by atoms with van der Waals surface area (Å²) in [7, 11) is -3.50. The van der Waals surface area contributed by atoms with Crippen LogP contribution >= 0.6 is 0 Å². The number of aryl methyl sites for hydroxylation is 2. The molecule has 0 saturated heterocycles. The van der Waals surface area contributed by atoms with Gasteiger partial charge in [0.15, 0.2) is 0 Å². The molecule has 1 aromatic carbocycles. The highest BCUT2D eigenvalue weighted by Crippen LogP contribution is 2.16. The molecule has 2 aromatic rings. The molecular formula is C15H18N2O3S. The zero-order valence-corrected chi connectivity index (χ0v) is 12.8. The molecule has 0 atom stereocenters. The highest BCUT2D eigenvalue weighted by Gasteiger charge is 2.13. The van der Waals surface area contributed by atoms with E-state index in [4.69, 9.17) is 5.11 Å². The van der Waals surface area contributed by atoms with Crippen molar-refractivity contribution in [2.75, 3.05) is 4.72 Å². The summed E-state index contributed by atoms with van der Waals surface area (Å²) in [5.41, 5.74) is 3.40. The molecule has 0 spiro atoms. The lowest BCUT2D eigenvalue weighted by atomic mass is 10.2. The number of aliphatic hydroxyl groups is 1. The van der Waals surface area contributed by atoms with E-state index in [1.54, 1.807) is 43.3 Å². The van der Waals surface area contributed by atoms with Gasteiger partial charge in [-0.1, -0.05) is 24.3 Å². The van der Waals surface area contributed by atoms with Crippen LogP contribution in [0, 0.1) is 13.8 Å². The third-order valence-electron chi connectivity index (χ3n) is 3.05. The van der Waals surface area contributed by atoms with E-state index in [0.717, 1.165) is 11.3 Å². The van der Waals surface area contributed by atoms with Gasteiger partial charge >= 0.3 is 0 Å². The Morgan fingerprint density at radius 3 is 2.24 bits per heavy atom. The van der Waals surface area contributed by atoms with Gasteiger partial charge in [-0.25, -0.2) is 8.42 Å². The normalized spacial score (nSPS) is 11.4. The molecule has 0 fully saturated rings. The van der Waals surface area contributed by atoms with E-state index in [1.165, 1.54) is 0 Å². The molecule has 0 saturated carbocycles. The van der Waals surface area contributed by atoms with E-state index in [0.29, 0.717) is 16.9 Å². The van der Waals surface area contributed by atoms with Gasteiger partial charge in [0.05, 0.1) is 23.7 Å². The first kappa shape index (κ1) is 15.5. The van der Waals surface area contributed by atoms with Crippen molar-refractivity contribution in [1.82, 2.24) is 4.98 Å². The fraction of sp³-hybridized carbons (Fsp3) is 0.267. The number of nitrogens with zero attached hydrogens (tertiary/aromatic N) is 1. The number of aliphatic hydroxyl groups excluding tert-OH is 1. The molecule has 5 nitrogen and oxygen atoms in total. The van der Waals surface area contributed by atoms with Crippen LogP contribution in [0.15, 0.2) is 36.4 Å². The van der Waals surface area contributed by atoms with E-state index < -0.39 is 10.0 Å². The summed E-state index contributed by atoms with van der Waals surface area (Å²) in [6, 6.07) is 10.3. The van der Waals surface area contributed by atoms with Crippen molar-refractivity contribution in [3.63, 3.8) is 0 Å². The maximum absolute atomic E-state index is 12.2. The zero-order chi connectivity index (χ0) is 15.5. The summed E-state index contributed by atoms with van der Waals surface area (Å²) < 4.78 is 26.9. The quantitative estimate of drug-likeness (QED) is 0.887. The number of hydrogen-bond acceptors (Lipinski definition) is 4. The smallest absolute Gasteiger partial charge is 0.236 e. The van der Waals surface area contributed by atoms with Crippen LogP contribution in [0.4, 0.5) is 5.69 Å². The second-order valence-corrected chi connectivity index (χ2v) is 6.64. The largest absolute Gasteiger partial charge is 0.392 e. The summed E-state index contributed by atoms with van der Waals surface area (Å²) >= 11 is 0. The third-order valence-corrected chi connectivity index (χ3v) is 4.30. The van der Waals surface area contributed by atoms with Gasteiger partial charge in [-0.05, 0) is 37.1 Å². The molecule has 0 aliphatic heterocycles. The second-order valence-electron chi connectivity index (χ2n) is 4.92. The molecule has 0 aliphatic carbocycles. The number of rotatable bonds is 5. The number of pyridine rings is 1. The molecule has 2 rings (SSSR count). The highest BCUT2D eigenvalue weighted by atomic mass is 32.2. The Morgan fingerprint density at radius 1 is 1.05 bits per heavy atom. The summed E-state index contributed by atoms with van der Waals surface area (Å²) in [5, 5.41) is 8.97. The van der Waals surface area contributed by atoms with Gasteiger partial charge in [0.2, 0.25) is 10.0 Å². The monoisotopic (exact) mass is 306 g/mol. The van der Waals surface area contributed by atoms with Crippen LogP contribution in [0.25, 0.3) is 0 Å². The maximum Gasteiger partial charge on any atom is 0.236 e. The Balaban J connectivity index is 2.14. The van der Waals surface area contributed by atoms with Crippen LogP contribution in [-0.4, -0.2) is 18.5 Å². The molecule has 6 heteroatoms. The van der Waals surface area contributed by atoms with E-state index in [2.05, 4.69) is 9.71 Å². The molecule has 0 radical (unpaired) electrons. The zero-order valence-electron chi connectivity index (χ0n) is 12.0. The number of anilines is 1. The summed E-state index contributed by atoms with van der Waals surface area (Å²) in [6.07, 6.45) is 0. The summed E-state index contributed by atoms with van der Waals surface area (Å²) in [6.45, 7) is 3.56. The Labute approximate surface area is 124 Å². The Morgan fingerprint density at radius 2 is 1.67 bits per heavy atom. The van der Waals surface area contributed by atoms with Gasteiger partial charge in [-0.15, -0.1) is 0 Å². The van der Waals surface area contributed by atoms with Crippen LogP contribution in [0.5, 0.6) is 0 Å². The molecule has 0 amide bonds. The SMILES string of the molecule is Cc1ccc(NS(=O)(=O)Cc2ccc(CO)cc2)c(C)n1. The van der Waals surface area contributed by atoms with Gasteiger partial charge in [-0.2, -0.15) is 0 Å². The predicted molar refractivity (Wildman–Crippen MR) is 82.3 cm³/mol. The van der Waals surface area contributed by atoms with Crippen molar-refractivity contribution in [3.05, 3.63) is 58.9 Å². The van der Waals surface area contributed by atoms with Crippen molar-refractivity contribution in [2.45, 2.75) is 26.2 Å². The molecule has 0 aliphatic rings. The number of aromatic nitrogens is 1. The lowest BCUT2D eigenvalue weighted by Crippen LogP contribution is -2.16. The fourth-order valence-electron chi connectivity index (χ4n) is 1.96. The molecule has 1 aromatic heterocycles. The number of nitrogens with one attached hydrogen (secondary N) is 1. The minimum atomic E-state index is -3.50. The summed E-state index contributed by atoms with van der Waals surface area (Å²) in [5.74, 6) is -0.119. The van der Waals surface area contributed by atoms with Gasteiger partial charge < -0.3 is 5.11 Å². The Hall–Kier alpha value is -1.92. The van der Waals surface area contributed by atoms with Crippen LogP contribution in [0.3, 0.4) is 0 Å². The topological polar surface area (TPSA) is 79.3 Å². The van der Waals surface area contributed by atoms with E-state index in [9.17, 15) is 8.42 Å². The van der Waals surface area contributed by atoms with Crippen molar-refractivity contribution in [2.24, 2.45) is 0 Å². The average Bonchev–Trinajstić information content (AvgIpc) is 2.42. The maximum atomic E-state index is 12.2. The van der Waals surface area contributed by atoms with Crippen molar-refractivity contribution >= 4 is 15.7 Å². The third kappa shape index (κ3) is 4.27. The van der Waals surface area contributed by atoms with E-state index in [1.807, 2.05) is 6.92 Å². The molecule has 112 valence electrons. The molecule has 0 bridgehead atoms. The second kappa shape index (κ2) is 6.24. The molecule has 21 heavy (non-hydrogen) atoms. The van der Waals surface area contributed by atoms with Crippen LogP contribution in [0.2, 0.25) is 0 Å². The first-order chi connectivity index (χ1) is 9.89. The highest BCUT2D eigenvalue weighted by molar-refractivity contribution is 7.91. The predicted octanol–water partition coefficient (Wildman–Crippen LogP) is 2.13. The van der Waals surface area contributed by atoms with Crippen molar-refractivity contribution in [1.29, 1.82) is 0 Å². The first-order valence-corrected chi connectivity index (χ1v) is 8.18. The number of hydrogen-bond donors (Lipinski definition) is 2. The van der Waals surface area contributed by atoms with Gasteiger partial charge in [-0.3, -0.25) is 9.71 Å². The Kier molecular flexibility index (Phi) is 4.59. The molecular weight excluding hydrogens is 288 g/mol.